The molecule has 3 heterocycles. The molecule has 5 rings (SSSR count). The molecule has 0 radical (unpaired) electrons. The van der Waals surface area contributed by atoms with Crippen molar-refractivity contribution in [3.63, 3.8) is 0 Å². The molecular formula is C19H14FN3O2. The molecule has 5 nitrogen and oxygen atoms in total. The maximum absolute atomic E-state index is 15.5. The third-order valence-electron chi connectivity index (χ3n) is 5.32. The maximum atomic E-state index is 15.5. The van der Waals surface area contributed by atoms with Crippen LogP contribution in [-0.4, -0.2) is 28.7 Å². The molecule has 0 saturated carbocycles. The number of anilines is 1. The standard InChI is InChI=1S/C19H14FN3O2/c1-11-10-12-6-5-8-14-16(12)22(11)18(25)23(20)19(14)13-7-3-4-9-15(13)21(2)17(19)24/h3-10H,1-2H3. The summed E-state index contributed by atoms with van der Waals surface area (Å²) in [6.07, 6.45) is 0. The summed E-state index contributed by atoms with van der Waals surface area (Å²) < 4.78 is 16.9. The van der Waals surface area contributed by atoms with E-state index >= 15 is 4.48 Å². The van der Waals surface area contributed by atoms with Crippen molar-refractivity contribution in [2.24, 2.45) is 0 Å². The predicted molar refractivity (Wildman–Crippen MR) is 91.0 cm³/mol. The molecule has 0 aliphatic carbocycles. The molecule has 6 heteroatoms. The molecule has 0 saturated heterocycles. The molecule has 124 valence electrons. The van der Waals surface area contributed by atoms with Crippen molar-refractivity contribution in [3.05, 3.63) is 65.4 Å². The number of halogens is 1. The van der Waals surface area contributed by atoms with Crippen LogP contribution in [0.2, 0.25) is 0 Å². The van der Waals surface area contributed by atoms with Crippen LogP contribution in [0.1, 0.15) is 16.8 Å². The van der Waals surface area contributed by atoms with Gasteiger partial charge >= 0.3 is 6.03 Å². The number of carbonyl (C=O) groups excluding carboxylic acids is 2. The lowest BCUT2D eigenvalue weighted by molar-refractivity contribution is -0.134. The Kier molecular flexibility index (Phi) is 2.43. The minimum atomic E-state index is -1.78. The van der Waals surface area contributed by atoms with Crippen LogP contribution < -0.4 is 4.90 Å². The Morgan fingerprint density at radius 2 is 1.72 bits per heavy atom. The summed E-state index contributed by atoms with van der Waals surface area (Å²) in [7, 11) is 1.60. The first-order chi connectivity index (χ1) is 12.0. The molecule has 3 aromatic rings. The van der Waals surface area contributed by atoms with Crippen molar-refractivity contribution >= 4 is 28.5 Å². The van der Waals surface area contributed by atoms with Crippen LogP contribution in [0.3, 0.4) is 0 Å². The number of fused-ring (bicyclic) bond motifs is 3. The SMILES string of the molecule is Cc1cc2cccc3c2n1C(=O)N(F)C31C(=O)N(C)c2ccccc21. The number of likely N-dealkylation sites (N-methyl/N-ethyl adjacent to an activating group) is 1. The van der Waals surface area contributed by atoms with Gasteiger partial charge in [0.05, 0.1) is 5.52 Å². The molecule has 2 aliphatic heterocycles. The van der Waals surface area contributed by atoms with E-state index in [0.29, 0.717) is 28.0 Å². The van der Waals surface area contributed by atoms with Crippen molar-refractivity contribution in [3.8, 4) is 0 Å². The van der Waals surface area contributed by atoms with Gasteiger partial charge in [0.2, 0.25) is 5.54 Å². The van der Waals surface area contributed by atoms with Gasteiger partial charge in [0, 0.05) is 34.9 Å². The third-order valence-corrected chi connectivity index (χ3v) is 5.32. The monoisotopic (exact) mass is 335 g/mol. The minimum absolute atomic E-state index is 0.0897. The molecule has 1 spiro atoms. The summed E-state index contributed by atoms with van der Waals surface area (Å²) in [5, 5.41) is 0.905. The van der Waals surface area contributed by atoms with Gasteiger partial charge in [-0.25, -0.2) is 4.79 Å². The normalized spacial score (nSPS) is 21.6. The maximum Gasteiger partial charge on any atom is 0.358 e. The number of amides is 2. The first-order valence-electron chi connectivity index (χ1n) is 7.99. The zero-order chi connectivity index (χ0) is 17.5. The predicted octanol–water partition coefficient (Wildman–Crippen LogP) is 3.34. The summed E-state index contributed by atoms with van der Waals surface area (Å²) in [5.41, 5.74) is 1.03. The number of hydrogen-bond donors (Lipinski definition) is 0. The average Bonchev–Trinajstić information content (AvgIpc) is 3.06. The van der Waals surface area contributed by atoms with Crippen LogP contribution >= 0.6 is 0 Å². The number of aromatic nitrogens is 1. The van der Waals surface area contributed by atoms with Crippen LogP contribution in [0.25, 0.3) is 10.9 Å². The lowest BCUT2D eigenvalue weighted by atomic mass is 9.81. The number of nitrogens with zero attached hydrogens (tertiary/aromatic N) is 3. The van der Waals surface area contributed by atoms with E-state index in [1.54, 1.807) is 50.4 Å². The van der Waals surface area contributed by atoms with E-state index in [9.17, 15) is 9.59 Å². The second-order valence-corrected chi connectivity index (χ2v) is 6.52. The fourth-order valence-corrected chi connectivity index (χ4v) is 4.26. The molecular weight excluding hydrogens is 321 g/mol. The summed E-state index contributed by atoms with van der Waals surface area (Å²) in [5.74, 6) is -0.470. The van der Waals surface area contributed by atoms with E-state index in [-0.39, 0.29) is 5.12 Å². The quantitative estimate of drug-likeness (QED) is 0.592. The average molecular weight is 335 g/mol. The highest BCUT2D eigenvalue weighted by Crippen LogP contribution is 2.52. The van der Waals surface area contributed by atoms with Gasteiger partial charge < -0.3 is 4.90 Å². The lowest BCUT2D eigenvalue weighted by Crippen LogP contribution is -2.55. The van der Waals surface area contributed by atoms with Crippen LogP contribution in [0.15, 0.2) is 48.5 Å². The van der Waals surface area contributed by atoms with Gasteiger partial charge in [0.25, 0.3) is 5.91 Å². The Hall–Kier alpha value is -3.15. The Morgan fingerprint density at radius 1 is 1.00 bits per heavy atom. The highest BCUT2D eigenvalue weighted by atomic mass is 19.2. The minimum Gasteiger partial charge on any atom is -0.312 e. The summed E-state index contributed by atoms with van der Waals surface area (Å²) in [6, 6.07) is 13.4. The molecule has 1 aromatic heterocycles. The van der Waals surface area contributed by atoms with Crippen molar-refractivity contribution in [2.75, 3.05) is 11.9 Å². The van der Waals surface area contributed by atoms with Crippen LogP contribution in [0.5, 0.6) is 0 Å². The Balaban J connectivity index is 2.01. The smallest absolute Gasteiger partial charge is 0.312 e. The number of para-hydroxylation sites is 2. The summed E-state index contributed by atoms with van der Waals surface area (Å²) in [6.45, 7) is 1.75. The summed E-state index contributed by atoms with van der Waals surface area (Å²) in [4.78, 5) is 27.5. The van der Waals surface area contributed by atoms with Crippen molar-refractivity contribution in [2.45, 2.75) is 12.5 Å². The highest BCUT2D eigenvalue weighted by molar-refractivity contribution is 6.15. The number of carbonyl (C=O) groups is 2. The molecule has 0 bridgehead atoms. The van der Waals surface area contributed by atoms with Crippen molar-refractivity contribution < 1.29 is 14.1 Å². The zero-order valence-corrected chi connectivity index (χ0v) is 13.7. The van der Waals surface area contributed by atoms with Gasteiger partial charge in [-0.05, 0) is 19.1 Å². The Bertz CT molecular complexity index is 1100. The molecule has 0 fully saturated rings. The Morgan fingerprint density at radius 3 is 2.52 bits per heavy atom. The molecule has 2 aliphatic rings. The van der Waals surface area contributed by atoms with Crippen molar-refractivity contribution in [1.82, 2.24) is 9.69 Å². The number of hydrogen-bond acceptors (Lipinski definition) is 2. The fourth-order valence-electron chi connectivity index (χ4n) is 4.26. The number of rotatable bonds is 0. The number of benzene rings is 2. The molecule has 1 unspecified atom stereocenters. The lowest BCUT2D eigenvalue weighted by Gasteiger charge is -2.38. The van der Waals surface area contributed by atoms with Crippen LogP contribution in [0, 0.1) is 6.92 Å². The van der Waals surface area contributed by atoms with E-state index in [1.165, 1.54) is 9.47 Å². The molecule has 25 heavy (non-hydrogen) atoms. The van der Waals surface area contributed by atoms with E-state index in [2.05, 4.69) is 0 Å². The molecule has 0 N–H and O–H groups in total. The van der Waals surface area contributed by atoms with Crippen LogP contribution in [-0.2, 0) is 10.3 Å². The molecule has 1 atom stereocenters. The third kappa shape index (κ3) is 1.36. The molecule has 2 aromatic carbocycles. The largest absolute Gasteiger partial charge is 0.358 e. The summed E-state index contributed by atoms with van der Waals surface area (Å²) >= 11 is 0. The van der Waals surface area contributed by atoms with E-state index in [1.807, 2.05) is 12.1 Å². The fraction of sp³-hybridized carbons (Fsp3) is 0.158. The highest BCUT2D eigenvalue weighted by Gasteiger charge is 2.61. The van der Waals surface area contributed by atoms with Gasteiger partial charge in [0.15, 0.2) is 0 Å². The van der Waals surface area contributed by atoms with Gasteiger partial charge in [-0.15, -0.1) is 5.12 Å². The van der Waals surface area contributed by atoms with Gasteiger partial charge in [-0.2, -0.15) is 0 Å². The topological polar surface area (TPSA) is 45.6 Å². The van der Waals surface area contributed by atoms with Crippen molar-refractivity contribution in [1.29, 1.82) is 0 Å². The van der Waals surface area contributed by atoms with E-state index in [4.69, 9.17) is 0 Å². The second kappa shape index (κ2) is 4.27. The van der Waals surface area contributed by atoms with Crippen LogP contribution in [0.4, 0.5) is 15.0 Å². The Labute approximate surface area is 142 Å². The van der Waals surface area contributed by atoms with Gasteiger partial charge in [-0.1, -0.05) is 40.9 Å². The van der Waals surface area contributed by atoms with E-state index in [0.717, 1.165) is 5.39 Å². The first kappa shape index (κ1) is 14.2. The van der Waals surface area contributed by atoms with Gasteiger partial charge in [-0.3, -0.25) is 9.36 Å². The first-order valence-corrected chi connectivity index (χ1v) is 7.99. The molecule has 2 amide bonds. The van der Waals surface area contributed by atoms with Gasteiger partial charge in [0.1, 0.15) is 0 Å². The number of aryl methyl sites for hydroxylation is 1. The second-order valence-electron chi connectivity index (χ2n) is 6.52. The van der Waals surface area contributed by atoms with E-state index < -0.39 is 17.5 Å². The zero-order valence-electron chi connectivity index (χ0n) is 13.7.